The molecule has 1 unspecified atom stereocenters. The minimum atomic E-state index is -0.241. The van der Waals surface area contributed by atoms with Crippen LogP contribution in [0.15, 0.2) is 24.3 Å². The summed E-state index contributed by atoms with van der Waals surface area (Å²) in [6, 6.07) is 8.81. The number of rotatable bonds is 9. The molecule has 0 spiro atoms. The SMILES string of the molecule is CCNC(c1ccc(C(C)C)cc1)C(OCC)OCC. The number of hydrogen-bond acceptors (Lipinski definition) is 3. The molecule has 0 aliphatic carbocycles. The Labute approximate surface area is 123 Å². The molecule has 3 nitrogen and oxygen atoms in total. The lowest BCUT2D eigenvalue weighted by molar-refractivity contribution is -0.155. The molecule has 0 heterocycles. The lowest BCUT2D eigenvalue weighted by Gasteiger charge is -2.28. The van der Waals surface area contributed by atoms with E-state index in [-0.39, 0.29) is 12.3 Å². The molecule has 114 valence electrons. The highest BCUT2D eigenvalue weighted by Gasteiger charge is 2.23. The summed E-state index contributed by atoms with van der Waals surface area (Å²) in [6.45, 7) is 12.7. The van der Waals surface area contributed by atoms with Crippen molar-refractivity contribution in [1.82, 2.24) is 5.32 Å². The van der Waals surface area contributed by atoms with Gasteiger partial charge in [0.25, 0.3) is 0 Å². The Bertz CT molecular complexity index is 356. The van der Waals surface area contributed by atoms with Crippen molar-refractivity contribution < 1.29 is 9.47 Å². The highest BCUT2D eigenvalue weighted by Crippen LogP contribution is 2.23. The van der Waals surface area contributed by atoms with Crippen molar-refractivity contribution >= 4 is 0 Å². The third-order valence-electron chi connectivity index (χ3n) is 3.32. The van der Waals surface area contributed by atoms with Gasteiger partial charge in [0.2, 0.25) is 0 Å². The van der Waals surface area contributed by atoms with Gasteiger partial charge in [-0.25, -0.2) is 0 Å². The van der Waals surface area contributed by atoms with E-state index in [1.165, 1.54) is 11.1 Å². The fraction of sp³-hybridized carbons (Fsp3) is 0.647. The summed E-state index contributed by atoms with van der Waals surface area (Å²) in [5, 5.41) is 3.47. The van der Waals surface area contributed by atoms with Crippen molar-refractivity contribution in [3.63, 3.8) is 0 Å². The van der Waals surface area contributed by atoms with Crippen molar-refractivity contribution in [2.45, 2.75) is 52.9 Å². The number of hydrogen-bond donors (Lipinski definition) is 1. The molecular formula is C17H29NO2. The van der Waals surface area contributed by atoms with E-state index >= 15 is 0 Å². The van der Waals surface area contributed by atoms with Crippen molar-refractivity contribution in [3.8, 4) is 0 Å². The van der Waals surface area contributed by atoms with Gasteiger partial charge in [-0.2, -0.15) is 0 Å². The highest BCUT2D eigenvalue weighted by molar-refractivity contribution is 5.27. The largest absolute Gasteiger partial charge is 0.351 e. The fourth-order valence-electron chi connectivity index (χ4n) is 2.25. The summed E-state index contributed by atoms with van der Waals surface area (Å²) >= 11 is 0. The molecule has 1 aromatic rings. The van der Waals surface area contributed by atoms with Crippen molar-refractivity contribution in [1.29, 1.82) is 0 Å². The Morgan fingerprint density at radius 2 is 1.40 bits per heavy atom. The quantitative estimate of drug-likeness (QED) is 0.696. The molecule has 0 aliphatic rings. The van der Waals surface area contributed by atoms with Gasteiger partial charge in [-0.05, 0) is 37.4 Å². The van der Waals surface area contributed by atoms with E-state index in [2.05, 4.69) is 50.4 Å². The van der Waals surface area contributed by atoms with Crippen LogP contribution in [0.5, 0.6) is 0 Å². The van der Waals surface area contributed by atoms with Crippen LogP contribution in [-0.4, -0.2) is 26.0 Å². The molecule has 20 heavy (non-hydrogen) atoms. The van der Waals surface area contributed by atoms with Gasteiger partial charge in [-0.3, -0.25) is 0 Å². The molecule has 1 atom stereocenters. The zero-order chi connectivity index (χ0) is 15.0. The van der Waals surface area contributed by atoms with E-state index < -0.39 is 0 Å². The van der Waals surface area contributed by atoms with Gasteiger partial charge < -0.3 is 14.8 Å². The number of ether oxygens (including phenoxy) is 2. The molecule has 0 aromatic heterocycles. The topological polar surface area (TPSA) is 30.5 Å². The third-order valence-corrected chi connectivity index (χ3v) is 3.32. The van der Waals surface area contributed by atoms with Gasteiger partial charge in [0.1, 0.15) is 0 Å². The van der Waals surface area contributed by atoms with Crippen LogP contribution in [0.3, 0.4) is 0 Å². The minimum absolute atomic E-state index is 0.0705. The van der Waals surface area contributed by atoms with Crippen LogP contribution in [0.1, 0.15) is 57.7 Å². The Morgan fingerprint density at radius 1 is 0.900 bits per heavy atom. The first-order valence-corrected chi connectivity index (χ1v) is 7.70. The van der Waals surface area contributed by atoms with Crippen molar-refractivity contribution in [2.75, 3.05) is 19.8 Å². The van der Waals surface area contributed by atoms with Gasteiger partial charge >= 0.3 is 0 Å². The predicted molar refractivity (Wildman–Crippen MR) is 84.0 cm³/mol. The fourth-order valence-corrected chi connectivity index (χ4v) is 2.25. The molecule has 0 bridgehead atoms. The summed E-state index contributed by atoms with van der Waals surface area (Å²) in [5.41, 5.74) is 2.57. The predicted octanol–water partition coefficient (Wildman–Crippen LogP) is 3.86. The Hall–Kier alpha value is -0.900. The van der Waals surface area contributed by atoms with Crippen LogP contribution in [-0.2, 0) is 9.47 Å². The second kappa shape index (κ2) is 9.11. The average molecular weight is 279 g/mol. The average Bonchev–Trinajstić information content (AvgIpc) is 2.45. The molecule has 3 heteroatoms. The van der Waals surface area contributed by atoms with Crippen LogP contribution >= 0.6 is 0 Å². The molecule has 1 N–H and O–H groups in total. The van der Waals surface area contributed by atoms with Gasteiger partial charge in [0.15, 0.2) is 6.29 Å². The zero-order valence-electron chi connectivity index (χ0n) is 13.5. The van der Waals surface area contributed by atoms with E-state index in [9.17, 15) is 0 Å². The standard InChI is InChI=1S/C17H29NO2/c1-6-18-16(17(19-7-2)20-8-3)15-11-9-14(10-12-15)13(4)5/h9-13,16-18H,6-8H2,1-5H3. The van der Waals surface area contributed by atoms with E-state index in [0.29, 0.717) is 19.1 Å². The number of nitrogens with one attached hydrogen (secondary N) is 1. The van der Waals surface area contributed by atoms with E-state index in [1.807, 2.05) is 13.8 Å². The normalized spacial score (nSPS) is 13.2. The minimum Gasteiger partial charge on any atom is -0.351 e. The highest BCUT2D eigenvalue weighted by atomic mass is 16.7. The molecule has 0 saturated heterocycles. The van der Waals surface area contributed by atoms with E-state index in [4.69, 9.17) is 9.47 Å². The van der Waals surface area contributed by atoms with Gasteiger partial charge in [-0.1, -0.05) is 45.0 Å². The van der Waals surface area contributed by atoms with Crippen molar-refractivity contribution in [3.05, 3.63) is 35.4 Å². The lowest BCUT2D eigenvalue weighted by atomic mass is 9.98. The smallest absolute Gasteiger partial charge is 0.176 e. The molecule has 0 radical (unpaired) electrons. The molecule has 0 aliphatic heterocycles. The summed E-state index contributed by atoms with van der Waals surface area (Å²) < 4.78 is 11.5. The molecule has 0 amide bonds. The van der Waals surface area contributed by atoms with Crippen molar-refractivity contribution in [2.24, 2.45) is 0 Å². The Balaban J connectivity index is 2.92. The van der Waals surface area contributed by atoms with E-state index in [1.54, 1.807) is 0 Å². The maximum absolute atomic E-state index is 5.74. The second-order valence-electron chi connectivity index (χ2n) is 5.14. The Morgan fingerprint density at radius 3 is 1.80 bits per heavy atom. The lowest BCUT2D eigenvalue weighted by Crippen LogP contribution is -2.36. The van der Waals surface area contributed by atoms with Crippen LogP contribution in [0, 0.1) is 0 Å². The van der Waals surface area contributed by atoms with Gasteiger partial charge in [0, 0.05) is 13.2 Å². The first-order chi connectivity index (χ1) is 9.63. The van der Waals surface area contributed by atoms with Gasteiger partial charge in [-0.15, -0.1) is 0 Å². The number of benzene rings is 1. The Kier molecular flexibility index (Phi) is 7.82. The molecule has 0 fully saturated rings. The first-order valence-electron chi connectivity index (χ1n) is 7.70. The molecular weight excluding hydrogens is 250 g/mol. The van der Waals surface area contributed by atoms with Gasteiger partial charge in [0.05, 0.1) is 6.04 Å². The first kappa shape index (κ1) is 17.2. The van der Waals surface area contributed by atoms with E-state index in [0.717, 1.165) is 6.54 Å². The summed E-state index contributed by atoms with van der Waals surface area (Å²) in [7, 11) is 0. The maximum Gasteiger partial charge on any atom is 0.176 e. The summed E-state index contributed by atoms with van der Waals surface area (Å²) in [6.07, 6.45) is -0.241. The molecule has 0 saturated carbocycles. The van der Waals surface area contributed by atoms with Crippen LogP contribution in [0.25, 0.3) is 0 Å². The summed E-state index contributed by atoms with van der Waals surface area (Å²) in [4.78, 5) is 0. The molecule has 1 rings (SSSR count). The van der Waals surface area contributed by atoms with Crippen LogP contribution < -0.4 is 5.32 Å². The second-order valence-corrected chi connectivity index (χ2v) is 5.14. The third kappa shape index (κ3) is 4.89. The summed E-state index contributed by atoms with van der Waals surface area (Å²) in [5.74, 6) is 0.552. The van der Waals surface area contributed by atoms with Crippen LogP contribution in [0.4, 0.5) is 0 Å². The maximum atomic E-state index is 5.74. The molecule has 1 aromatic carbocycles. The zero-order valence-corrected chi connectivity index (χ0v) is 13.5. The monoisotopic (exact) mass is 279 g/mol. The number of likely N-dealkylation sites (N-methyl/N-ethyl adjacent to an activating group) is 1. The van der Waals surface area contributed by atoms with Crippen LogP contribution in [0.2, 0.25) is 0 Å².